The molecule has 2 rings (SSSR count). The number of nitrogens with zero attached hydrogens (tertiary/aromatic N) is 2. The predicted octanol–water partition coefficient (Wildman–Crippen LogP) is 3.89. The van der Waals surface area contributed by atoms with Crippen LogP contribution in [-0.4, -0.2) is 15.1 Å². The van der Waals surface area contributed by atoms with E-state index in [-0.39, 0.29) is 5.54 Å². The molecule has 0 saturated carbocycles. The Morgan fingerprint density at radius 2 is 2.05 bits per heavy atom. The molecule has 1 aromatic carbocycles. The highest BCUT2D eigenvalue weighted by Crippen LogP contribution is 2.19. The number of hydrogen-bond acceptors (Lipinski definition) is 2. The quantitative estimate of drug-likeness (QED) is 0.773. The zero-order chi connectivity index (χ0) is 14.4. The number of rotatable bonds is 7. The topological polar surface area (TPSA) is 29.9 Å². The third-order valence-corrected chi connectivity index (χ3v) is 3.37. The van der Waals surface area contributed by atoms with Crippen molar-refractivity contribution in [2.75, 3.05) is 5.32 Å². The Kier molecular flexibility index (Phi) is 4.61. The second-order valence-corrected chi connectivity index (χ2v) is 5.69. The molecule has 0 spiro atoms. The molecule has 0 radical (unpaired) electrons. The number of anilines is 1. The summed E-state index contributed by atoms with van der Waals surface area (Å²) in [5, 5.41) is 3.53. The van der Waals surface area contributed by atoms with Crippen molar-refractivity contribution in [1.29, 1.82) is 0 Å². The van der Waals surface area contributed by atoms with Crippen LogP contribution < -0.4 is 5.32 Å². The van der Waals surface area contributed by atoms with Crippen LogP contribution in [0.15, 0.2) is 55.4 Å². The predicted molar refractivity (Wildman–Crippen MR) is 84.9 cm³/mol. The van der Waals surface area contributed by atoms with Crippen LogP contribution in [0.5, 0.6) is 0 Å². The first-order valence-electron chi connectivity index (χ1n) is 7.05. The highest BCUT2D eigenvalue weighted by atomic mass is 15.2. The monoisotopic (exact) mass is 269 g/mol. The molecule has 0 bridgehead atoms. The van der Waals surface area contributed by atoms with Crippen LogP contribution in [0.25, 0.3) is 0 Å². The van der Waals surface area contributed by atoms with Crippen molar-refractivity contribution in [3.8, 4) is 0 Å². The molecule has 3 heteroatoms. The molecule has 0 unspecified atom stereocenters. The molecule has 0 atom stereocenters. The van der Waals surface area contributed by atoms with Crippen molar-refractivity contribution >= 4 is 5.95 Å². The van der Waals surface area contributed by atoms with E-state index in [1.807, 2.05) is 18.5 Å². The van der Waals surface area contributed by atoms with Gasteiger partial charge in [0.2, 0.25) is 5.95 Å². The van der Waals surface area contributed by atoms with Crippen molar-refractivity contribution in [1.82, 2.24) is 9.55 Å². The van der Waals surface area contributed by atoms with Crippen molar-refractivity contribution in [3.63, 3.8) is 0 Å². The Morgan fingerprint density at radius 1 is 1.30 bits per heavy atom. The van der Waals surface area contributed by atoms with Crippen LogP contribution in [-0.2, 0) is 13.0 Å². The van der Waals surface area contributed by atoms with E-state index in [0.717, 1.165) is 25.3 Å². The molecule has 2 aromatic rings. The Bertz CT molecular complexity index is 540. The number of hydrogen-bond donors (Lipinski definition) is 1. The largest absolute Gasteiger partial charge is 0.351 e. The van der Waals surface area contributed by atoms with Crippen molar-refractivity contribution in [3.05, 3.63) is 60.9 Å². The van der Waals surface area contributed by atoms with Crippen molar-refractivity contribution in [2.45, 2.75) is 38.8 Å². The molecule has 3 nitrogen and oxygen atoms in total. The van der Waals surface area contributed by atoms with Crippen LogP contribution in [0.1, 0.15) is 25.8 Å². The Balaban J connectivity index is 1.96. The minimum Gasteiger partial charge on any atom is -0.351 e. The molecule has 0 fully saturated rings. The van der Waals surface area contributed by atoms with Gasteiger partial charge in [0.05, 0.1) is 0 Å². The molecule has 0 amide bonds. The molecule has 0 aliphatic heterocycles. The average Bonchev–Trinajstić information content (AvgIpc) is 2.85. The van der Waals surface area contributed by atoms with Gasteiger partial charge in [-0.15, -0.1) is 6.58 Å². The minimum absolute atomic E-state index is 0.000114. The van der Waals surface area contributed by atoms with Gasteiger partial charge >= 0.3 is 0 Å². The summed E-state index contributed by atoms with van der Waals surface area (Å²) < 4.78 is 2.07. The smallest absolute Gasteiger partial charge is 0.203 e. The summed E-state index contributed by atoms with van der Waals surface area (Å²) in [6.07, 6.45) is 7.78. The first-order chi connectivity index (χ1) is 9.61. The molecule has 1 aromatic heterocycles. The lowest BCUT2D eigenvalue weighted by atomic mass is 9.95. The van der Waals surface area contributed by atoms with Gasteiger partial charge in [-0.05, 0) is 32.3 Å². The van der Waals surface area contributed by atoms with Gasteiger partial charge in [0, 0.05) is 24.5 Å². The maximum Gasteiger partial charge on any atom is 0.203 e. The van der Waals surface area contributed by atoms with Gasteiger partial charge in [-0.1, -0.05) is 36.4 Å². The van der Waals surface area contributed by atoms with Gasteiger partial charge in [-0.2, -0.15) is 0 Å². The highest BCUT2D eigenvalue weighted by molar-refractivity contribution is 5.30. The van der Waals surface area contributed by atoms with Gasteiger partial charge in [0.1, 0.15) is 0 Å². The summed E-state index contributed by atoms with van der Waals surface area (Å²) in [7, 11) is 0. The van der Waals surface area contributed by atoms with E-state index in [1.165, 1.54) is 5.56 Å². The second kappa shape index (κ2) is 6.42. The lowest BCUT2D eigenvalue weighted by molar-refractivity contribution is 0.510. The molecule has 1 heterocycles. The molecular formula is C17H23N3. The van der Waals surface area contributed by atoms with Crippen LogP contribution in [0.4, 0.5) is 5.95 Å². The van der Waals surface area contributed by atoms with E-state index in [0.29, 0.717) is 0 Å². The average molecular weight is 269 g/mol. The molecular weight excluding hydrogens is 246 g/mol. The summed E-state index contributed by atoms with van der Waals surface area (Å²) >= 11 is 0. The standard InChI is InChI=1S/C17H23N3/c1-4-13-20-14-12-18-16(20)19-17(2,3)11-10-15-8-6-5-7-9-15/h4-9,12,14H,1,10-11,13H2,2-3H3,(H,18,19). The van der Waals surface area contributed by atoms with Crippen LogP contribution in [0, 0.1) is 0 Å². The summed E-state index contributed by atoms with van der Waals surface area (Å²) in [4.78, 5) is 4.38. The third-order valence-electron chi connectivity index (χ3n) is 3.37. The third kappa shape index (κ3) is 3.98. The van der Waals surface area contributed by atoms with Crippen LogP contribution in [0.3, 0.4) is 0 Å². The van der Waals surface area contributed by atoms with E-state index >= 15 is 0 Å². The number of aromatic nitrogens is 2. The van der Waals surface area contributed by atoms with Gasteiger partial charge in [-0.3, -0.25) is 0 Å². The number of nitrogens with one attached hydrogen (secondary N) is 1. The fraction of sp³-hybridized carbons (Fsp3) is 0.353. The second-order valence-electron chi connectivity index (χ2n) is 5.69. The van der Waals surface area contributed by atoms with E-state index in [9.17, 15) is 0 Å². The van der Waals surface area contributed by atoms with Gasteiger partial charge in [0.25, 0.3) is 0 Å². The summed E-state index contributed by atoms with van der Waals surface area (Å²) in [6.45, 7) is 8.97. The lowest BCUT2D eigenvalue weighted by Crippen LogP contribution is -2.32. The van der Waals surface area contributed by atoms with E-state index < -0.39 is 0 Å². The maximum absolute atomic E-state index is 4.38. The molecule has 1 N–H and O–H groups in total. The zero-order valence-corrected chi connectivity index (χ0v) is 12.3. The number of aryl methyl sites for hydroxylation is 1. The van der Waals surface area contributed by atoms with E-state index in [1.54, 1.807) is 0 Å². The normalized spacial score (nSPS) is 11.3. The number of imidazole rings is 1. The number of benzene rings is 1. The molecule has 0 saturated heterocycles. The Labute approximate surface area is 121 Å². The lowest BCUT2D eigenvalue weighted by Gasteiger charge is -2.27. The SMILES string of the molecule is C=CCn1ccnc1NC(C)(C)CCc1ccccc1. The first kappa shape index (κ1) is 14.4. The van der Waals surface area contributed by atoms with Crippen molar-refractivity contribution < 1.29 is 0 Å². The minimum atomic E-state index is 0.000114. The molecule has 106 valence electrons. The van der Waals surface area contributed by atoms with Crippen molar-refractivity contribution in [2.24, 2.45) is 0 Å². The molecule has 0 aliphatic carbocycles. The Hall–Kier alpha value is -2.03. The van der Waals surface area contributed by atoms with Gasteiger partial charge in [-0.25, -0.2) is 4.98 Å². The maximum atomic E-state index is 4.38. The van der Waals surface area contributed by atoms with Crippen LogP contribution in [0.2, 0.25) is 0 Å². The summed E-state index contributed by atoms with van der Waals surface area (Å²) in [5.41, 5.74) is 1.37. The fourth-order valence-electron chi connectivity index (χ4n) is 2.19. The summed E-state index contributed by atoms with van der Waals surface area (Å²) in [5.74, 6) is 0.906. The Morgan fingerprint density at radius 3 is 2.75 bits per heavy atom. The zero-order valence-electron chi connectivity index (χ0n) is 12.3. The van der Waals surface area contributed by atoms with E-state index in [4.69, 9.17) is 0 Å². The number of allylic oxidation sites excluding steroid dienone is 1. The van der Waals surface area contributed by atoms with Gasteiger partial charge in [0.15, 0.2) is 0 Å². The molecule has 20 heavy (non-hydrogen) atoms. The summed E-state index contributed by atoms with van der Waals surface area (Å²) in [6, 6.07) is 10.6. The fourth-order valence-corrected chi connectivity index (χ4v) is 2.19. The van der Waals surface area contributed by atoms with E-state index in [2.05, 4.69) is 65.6 Å². The highest BCUT2D eigenvalue weighted by Gasteiger charge is 2.19. The van der Waals surface area contributed by atoms with Crippen LogP contribution >= 0.6 is 0 Å². The molecule has 0 aliphatic rings. The van der Waals surface area contributed by atoms with Gasteiger partial charge < -0.3 is 9.88 Å². The first-order valence-corrected chi connectivity index (χ1v) is 7.05.